The standard InChI is InChI=1S/C31H40N4O7S/c1-18-12-13-21-24(14-18)43-29(33-21)41-20-15-23-25(36)34-31(27(38)39)16-19(31)10-8-6-5-7-9-11-22(26(37)35(23)17-20)32-28(40)42-30(2,3)4/h8,10,12-14,19-20,22-23H,5-7,9,11,15-17H2,1-4H3,(H,32,40)(H,34,36)(H,38,39)/b10-8-/t19-,20+,22-,23-,31+/m0/s1. The van der Waals surface area contributed by atoms with Crippen LogP contribution in [0.2, 0.25) is 0 Å². The van der Waals surface area contributed by atoms with Gasteiger partial charge in [0.15, 0.2) is 0 Å². The highest BCUT2D eigenvalue weighted by Gasteiger charge is 2.61. The van der Waals surface area contributed by atoms with Gasteiger partial charge in [0.2, 0.25) is 11.8 Å². The molecule has 1 saturated heterocycles. The first-order chi connectivity index (χ1) is 20.3. The molecule has 1 aromatic heterocycles. The topological polar surface area (TPSA) is 147 Å². The Kier molecular flexibility index (Phi) is 8.69. The van der Waals surface area contributed by atoms with E-state index in [-0.39, 0.29) is 18.9 Å². The fourth-order valence-corrected chi connectivity index (χ4v) is 6.78. The van der Waals surface area contributed by atoms with E-state index >= 15 is 0 Å². The summed E-state index contributed by atoms with van der Waals surface area (Å²) in [6.45, 7) is 7.32. The Morgan fingerprint density at radius 1 is 1.21 bits per heavy atom. The molecule has 2 fully saturated rings. The highest BCUT2D eigenvalue weighted by Crippen LogP contribution is 2.45. The van der Waals surface area contributed by atoms with Gasteiger partial charge < -0.3 is 30.1 Å². The Hall–Kier alpha value is -3.67. The number of nitrogens with one attached hydrogen (secondary N) is 2. The Labute approximate surface area is 255 Å². The highest BCUT2D eigenvalue weighted by atomic mass is 32.1. The summed E-state index contributed by atoms with van der Waals surface area (Å²) >= 11 is 1.39. The Bertz CT molecular complexity index is 1430. The van der Waals surface area contributed by atoms with Gasteiger partial charge in [0.1, 0.15) is 29.3 Å². The van der Waals surface area contributed by atoms with E-state index in [4.69, 9.17) is 9.47 Å². The molecule has 43 heavy (non-hydrogen) atoms. The molecular formula is C31H40N4O7S. The summed E-state index contributed by atoms with van der Waals surface area (Å²) in [6.07, 6.45) is 6.50. The van der Waals surface area contributed by atoms with E-state index in [1.165, 1.54) is 16.2 Å². The number of amides is 3. The maximum atomic E-state index is 14.1. The average molecular weight is 613 g/mol. The molecule has 232 valence electrons. The zero-order chi connectivity index (χ0) is 30.9. The Morgan fingerprint density at radius 2 is 2.00 bits per heavy atom. The van der Waals surface area contributed by atoms with Crippen molar-refractivity contribution in [2.75, 3.05) is 6.54 Å². The largest absolute Gasteiger partial charge is 0.479 e. The predicted molar refractivity (Wildman–Crippen MR) is 161 cm³/mol. The van der Waals surface area contributed by atoms with Crippen LogP contribution in [0, 0.1) is 12.8 Å². The maximum Gasteiger partial charge on any atom is 0.408 e. The molecular weight excluding hydrogens is 572 g/mol. The molecule has 0 bridgehead atoms. The van der Waals surface area contributed by atoms with E-state index in [1.807, 2.05) is 37.3 Å². The van der Waals surface area contributed by atoms with E-state index < -0.39 is 53.2 Å². The number of carbonyl (C=O) groups is 4. The second-order valence-corrected chi connectivity index (χ2v) is 13.8. The smallest absolute Gasteiger partial charge is 0.408 e. The molecule has 5 rings (SSSR count). The van der Waals surface area contributed by atoms with Gasteiger partial charge in [-0.3, -0.25) is 9.59 Å². The van der Waals surface area contributed by atoms with Gasteiger partial charge in [-0.1, -0.05) is 42.4 Å². The van der Waals surface area contributed by atoms with Gasteiger partial charge in [0.05, 0.1) is 16.8 Å². The summed E-state index contributed by atoms with van der Waals surface area (Å²) in [6, 6.07) is 4.01. The van der Waals surface area contributed by atoms with Crippen molar-refractivity contribution in [1.82, 2.24) is 20.5 Å². The zero-order valence-corrected chi connectivity index (χ0v) is 25.9. The summed E-state index contributed by atoms with van der Waals surface area (Å²) in [7, 11) is 0. The van der Waals surface area contributed by atoms with E-state index in [0.717, 1.165) is 35.0 Å². The molecule has 2 aromatic rings. The molecule has 1 aromatic carbocycles. The van der Waals surface area contributed by atoms with Crippen LogP contribution < -0.4 is 15.4 Å². The van der Waals surface area contributed by atoms with Crippen LogP contribution in [0.5, 0.6) is 5.19 Å². The summed E-state index contributed by atoms with van der Waals surface area (Å²) in [4.78, 5) is 58.8. The van der Waals surface area contributed by atoms with Gasteiger partial charge in [0, 0.05) is 12.3 Å². The number of aromatic nitrogens is 1. The zero-order valence-electron chi connectivity index (χ0n) is 25.1. The SMILES string of the molecule is Cc1ccc2nc(O[C@@H]3C[C@H]4C(=O)N[C@]5(C(=O)O)C[C@@H]5/C=C\CCCCC[C@H](NC(=O)OC(C)(C)C)C(=O)N4C3)sc2c1. The predicted octanol–water partition coefficient (Wildman–Crippen LogP) is 4.33. The average Bonchev–Trinajstić information content (AvgIpc) is 3.23. The van der Waals surface area contributed by atoms with E-state index in [1.54, 1.807) is 20.8 Å². The molecule has 11 nitrogen and oxygen atoms in total. The summed E-state index contributed by atoms with van der Waals surface area (Å²) in [5, 5.41) is 16.0. The monoisotopic (exact) mass is 612 g/mol. The number of carbonyl (C=O) groups excluding carboxylic acids is 3. The van der Waals surface area contributed by atoms with Crippen molar-refractivity contribution in [2.24, 2.45) is 5.92 Å². The van der Waals surface area contributed by atoms with Crippen LogP contribution in [0.15, 0.2) is 30.4 Å². The van der Waals surface area contributed by atoms with Crippen molar-refractivity contribution in [2.45, 2.75) is 102 Å². The third kappa shape index (κ3) is 7.11. The number of fused-ring (bicyclic) bond motifs is 3. The minimum atomic E-state index is -1.40. The lowest BCUT2D eigenvalue weighted by Gasteiger charge is -2.30. The number of hydrogen-bond donors (Lipinski definition) is 3. The molecule has 3 heterocycles. The molecule has 5 atom stereocenters. The number of benzene rings is 1. The van der Waals surface area contributed by atoms with Crippen molar-refractivity contribution >= 4 is 45.4 Å². The Balaban J connectivity index is 1.42. The molecule has 1 aliphatic carbocycles. The molecule has 0 unspecified atom stereocenters. The molecule has 12 heteroatoms. The number of aryl methyl sites for hydroxylation is 1. The lowest BCUT2D eigenvalue weighted by Crippen LogP contribution is -2.56. The first-order valence-electron chi connectivity index (χ1n) is 14.9. The minimum absolute atomic E-state index is 0.0851. The first-order valence-corrected chi connectivity index (χ1v) is 15.7. The summed E-state index contributed by atoms with van der Waals surface area (Å²) in [5.74, 6) is -2.40. The second-order valence-electron chi connectivity index (χ2n) is 12.8. The maximum absolute atomic E-state index is 14.1. The van der Waals surface area contributed by atoms with E-state index in [0.29, 0.717) is 24.5 Å². The van der Waals surface area contributed by atoms with Crippen molar-refractivity contribution in [3.63, 3.8) is 0 Å². The molecule has 0 radical (unpaired) electrons. The van der Waals surface area contributed by atoms with E-state index in [2.05, 4.69) is 15.6 Å². The number of carboxylic acid groups (broad SMARTS) is 1. The van der Waals surface area contributed by atoms with Crippen LogP contribution in [0.4, 0.5) is 4.79 Å². The van der Waals surface area contributed by atoms with Crippen LogP contribution >= 0.6 is 11.3 Å². The number of thiazole rings is 1. The third-order valence-electron chi connectivity index (χ3n) is 8.10. The van der Waals surface area contributed by atoms with Crippen LogP contribution in [0.3, 0.4) is 0 Å². The normalized spacial score (nSPS) is 29.0. The molecule has 3 amide bonds. The number of ether oxygens (including phenoxy) is 2. The lowest BCUT2D eigenvalue weighted by molar-refractivity contribution is -0.145. The number of hydrogen-bond acceptors (Lipinski definition) is 8. The number of carboxylic acids is 1. The van der Waals surface area contributed by atoms with Crippen LogP contribution in [-0.4, -0.2) is 74.7 Å². The van der Waals surface area contributed by atoms with Gasteiger partial charge in [-0.15, -0.1) is 0 Å². The summed E-state index contributed by atoms with van der Waals surface area (Å²) in [5.41, 5.74) is -0.262. The molecule has 1 saturated carbocycles. The fraction of sp³-hybridized carbons (Fsp3) is 0.581. The van der Waals surface area contributed by atoms with Gasteiger partial charge in [-0.05, 0) is 71.1 Å². The molecule has 0 spiro atoms. The van der Waals surface area contributed by atoms with Crippen LogP contribution in [-0.2, 0) is 19.1 Å². The van der Waals surface area contributed by atoms with Gasteiger partial charge >= 0.3 is 12.1 Å². The van der Waals surface area contributed by atoms with Gasteiger partial charge in [-0.2, -0.15) is 0 Å². The molecule has 3 aliphatic rings. The Morgan fingerprint density at radius 3 is 2.74 bits per heavy atom. The lowest BCUT2D eigenvalue weighted by atomic mass is 10.0. The number of aliphatic carboxylic acids is 1. The first kappa shape index (κ1) is 30.8. The van der Waals surface area contributed by atoms with Crippen LogP contribution in [0.25, 0.3) is 10.2 Å². The number of allylic oxidation sites excluding steroid dienone is 1. The van der Waals surface area contributed by atoms with Gasteiger partial charge in [0.25, 0.3) is 5.19 Å². The van der Waals surface area contributed by atoms with Crippen molar-refractivity contribution in [1.29, 1.82) is 0 Å². The van der Waals surface area contributed by atoms with E-state index in [9.17, 15) is 24.3 Å². The summed E-state index contributed by atoms with van der Waals surface area (Å²) < 4.78 is 12.6. The number of rotatable bonds is 4. The quantitative estimate of drug-likeness (QED) is 0.433. The molecule has 3 N–H and O–H groups in total. The van der Waals surface area contributed by atoms with Crippen molar-refractivity contribution in [3.8, 4) is 5.19 Å². The highest BCUT2D eigenvalue weighted by molar-refractivity contribution is 7.20. The van der Waals surface area contributed by atoms with Crippen molar-refractivity contribution in [3.05, 3.63) is 35.9 Å². The van der Waals surface area contributed by atoms with Gasteiger partial charge in [-0.25, -0.2) is 14.6 Å². The number of nitrogens with zero attached hydrogens (tertiary/aromatic N) is 2. The second kappa shape index (κ2) is 12.1. The van der Waals surface area contributed by atoms with Crippen molar-refractivity contribution < 1.29 is 33.8 Å². The minimum Gasteiger partial charge on any atom is -0.479 e. The molecule has 2 aliphatic heterocycles. The third-order valence-corrected chi connectivity index (χ3v) is 9.01. The van der Waals surface area contributed by atoms with Crippen LogP contribution in [0.1, 0.15) is 71.3 Å². The number of alkyl carbamates (subject to hydrolysis) is 1. The fourth-order valence-electron chi connectivity index (χ4n) is 5.80.